The number of non-ortho nitro benzene ring substituents is 1. The molecule has 0 bridgehead atoms. The zero-order valence-corrected chi connectivity index (χ0v) is 13.7. The number of benzene rings is 2. The van der Waals surface area contributed by atoms with E-state index in [0.717, 1.165) is 5.56 Å². The Morgan fingerprint density at radius 1 is 1.12 bits per heavy atom. The van der Waals surface area contributed by atoms with Gasteiger partial charge in [0.1, 0.15) is 5.75 Å². The van der Waals surface area contributed by atoms with E-state index in [2.05, 4.69) is 10.6 Å². The molecule has 0 atom stereocenters. The summed E-state index contributed by atoms with van der Waals surface area (Å²) in [7, 11) is 1.58. The molecule has 126 valence electrons. The molecule has 0 aliphatic carbocycles. The predicted molar refractivity (Wildman–Crippen MR) is 91.3 cm³/mol. The van der Waals surface area contributed by atoms with Crippen LogP contribution in [0.1, 0.15) is 19.4 Å². The average molecular weight is 329 g/mol. The number of carbonyl (C=O) groups excluding carboxylic acids is 1. The van der Waals surface area contributed by atoms with Gasteiger partial charge in [0, 0.05) is 23.4 Å². The number of anilines is 1. The number of nitrogens with zero attached hydrogens (tertiary/aromatic N) is 1. The fourth-order valence-corrected chi connectivity index (χ4v) is 2.34. The van der Waals surface area contributed by atoms with Crippen LogP contribution < -0.4 is 15.4 Å². The zero-order chi connectivity index (χ0) is 17.7. The zero-order valence-electron chi connectivity index (χ0n) is 13.7. The van der Waals surface area contributed by atoms with Crippen molar-refractivity contribution in [3.05, 3.63) is 64.2 Å². The van der Waals surface area contributed by atoms with Crippen molar-refractivity contribution in [1.29, 1.82) is 0 Å². The summed E-state index contributed by atoms with van der Waals surface area (Å²) in [6.07, 6.45) is 0. The molecule has 2 rings (SSSR count). The maximum Gasteiger partial charge on any atom is 0.319 e. The molecule has 0 fully saturated rings. The third kappa shape index (κ3) is 4.01. The Hall–Kier alpha value is -3.09. The lowest BCUT2D eigenvalue weighted by atomic mass is 9.93. The predicted octanol–water partition coefficient (Wildman–Crippen LogP) is 3.66. The van der Waals surface area contributed by atoms with E-state index in [1.165, 1.54) is 24.3 Å². The van der Waals surface area contributed by atoms with Crippen LogP contribution in [-0.2, 0) is 5.54 Å². The van der Waals surface area contributed by atoms with Crippen molar-refractivity contribution in [2.45, 2.75) is 19.4 Å². The summed E-state index contributed by atoms with van der Waals surface area (Å²) < 4.78 is 5.33. The van der Waals surface area contributed by atoms with Crippen molar-refractivity contribution < 1.29 is 14.5 Å². The molecule has 0 radical (unpaired) electrons. The van der Waals surface area contributed by atoms with Crippen molar-refractivity contribution in [1.82, 2.24) is 5.32 Å². The van der Waals surface area contributed by atoms with Gasteiger partial charge in [-0.2, -0.15) is 0 Å². The lowest BCUT2D eigenvalue weighted by molar-refractivity contribution is -0.384. The van der Waals surface area contributed by atoms with Crippen LogP contribution in [0.15, 0.2) is 48.5 Å². The van der Waals surface area contributed by atoms with E-state index in [9.17, 15) is 14.9 Å². The normalized spacial score (nSPS) is 10.8. The quantitative estimate of drug-likeness (QED) is 0.646. The molecule has 0 unspecified atom stereocenters. The number of nitro groups is 1. The Morgan fingerprint density at radius 2 is 1.75 bits per heavy atom. The Morgan fingerprint density at radius 3 is 2.33 bits per heavy atom. The molecule has 24 heavy (non-hydrogen) atoms. The first-order chi connectivity index (χ1) is 11.3. The highest BCUT2D eigenvalue weighted by Crippen LogP contribution is 2.29. The second-order valence-electron chi connectivity index (χ2n) is 5.71. The number of ether oxygens (including phenoxy) is 1. The van der Waals surface area contributed by atoms with Gasteiger partial charge in [0.25, 0.3) is 5.69 Å². The summed E-state index contributed by atoms with van der Waals surface area (Å²) in [5, 5.41) is 16.2. The van der Waals surface area contributed by atoms with Crippen LogP contribution >= 0.6 is 0 Å². The van der Waals surface area contributed by atoms with Crippen molar-refractivity contribution >= 4 is 17.4 Å². The number of urea groups is 1. The molecule has 0 saturated heterocycles. The molecule has 0 aliphatic heterocycles. The summed E-state index contributed by atoms with van der Waals surface area (Å²) in [5.74, 6) is 0.679. The highest BCUT2D eigenvalue weighted by molar-refractivity contribution is 5.90. The molecular formula is C17H19N3O4. The number of methoxy groups -OCH3 is 1. The molecule has 2 N–H and O–H groups in total. The minimum atomic E-state index is -0.669. The smallest absolute Gasteiger partial charge is 0.319 e. The van der Waals surface area contributed by atoms with Crippen LogP contribution in [-0.4, -0.2) is 18.1 Å². The van der Waals surface area contributed by atoms with Gasteiger partial charge in [0.05, 0.1) is 17.6 Å². The minimum absolute atomic E-state index is 0.0321. The first-order valence-electron chi connectivity index (χ1n) is 7.30. The first kappa shape index (κ1) is 17.3. The van der Waals surface area contributed by atoms with E-state index in [1.54, 1.807) is 7.11 Å². The van der Waals surface area contributed by atoms with Crippen molar-refractivity contribution in [2.24, 2.45) is 0 Å². The lowest BCUT2D eigenvalue weighted by Crippen LogP contribution is -2.43. The van der Waals surface area contributed by atoms with Gasteiger partial charge < -0.3 is 15.4 Å². The second kappa shape index (κ2) is 6.99. The van der Waals surface area contributed by atoms with Gasteiger partial charge in [0.15, 0.2) is 0 Å². The van der Waals surface area contributed by atoms with E-state index in [4.69, 9.17) is 4.74 Å². The first-order valence-corrected chi connectivity index (χ1v) is 7.30. The Bertz CT molecular complexity index is 742. The molecular weight excluding hydrogens is 310 g/mol. The Balaban J connectivity index is 2.09. The van der Waals surface area contributed by atoms with Crippen LogP contribution in [0.4, 0.5) is 16.2 Å². The van der Waals surface area contributed by atoms with Crippen LogP contribution in [0.5, 0.6) is 5.75 Å². The van der Waals surface area contributed by atoms with E-state index in [0.29, 0.717) is 11.4 Å². The number of para-hydroxylation sites is 1. The van der Waals surface area contributed by atoms with Gasteiger partial charge in [-0.05, 0) is 32.0 Å². The molecule has 2 amide bonds. The largest absolute Gasteiger partial charge is 0.496 e. The molecule has 2 aromatic carbocycles. The van der Waals surface area contributed by atoms with E-state index in [-0.39, 0.29) is 5.69 Å². The van der Waals surface area contributed by atoms with Gasteiger partial charge in [0.2, 0.25) is 0 Å². The summed E-state index contributed by atoms with van der Waals surface area (Å²) in [5.41, 5.74) is 0.605. The highest BCUT2D eigenvalue weighted by Gasteiger charge is 2.26. The van der Waals surface area contributed by atoms with E-state index >= 15 is 0 Å². The highest BCUT2D eigenvalue weighted by atomic mass is 16.6. The van der Waals surface area contributed by atoms with E-state index < -0.39 is 16.5 Å². The maximum atomic E-state index is 12.2. The molecule has 0 heterocycles. The standard InChI is InChI=1S/C17H19N3O4/c1-17(2,14-6-4-5-7-15(14)24-3)19-16(21)18-12-8-10-13(11-9-12)20(22)23/h4-11H,1-3H3,(H2,18,19,21). The molecule has 0 spiro atoms. The fraction of sp³-hybridized carbons (Fsp3) is 0.235. The SMILES string of the molecule is COc1ccccc1C(C)(C)NC(=O)Nc1ccc([N+](=O)[O-])cc1. The number of hydrogen-bond acceptors (Lipinski definition) is 4. The van der Waals surface area contributed by atoms with Gasteiger partial charge in [-0.3, -0.25) is 10.1 Å². The lowest BCUT2D eigenvalue weighted by Gasteiger charge is -2.28. The number of amides is 2. The molecule has 2 aromatic rings. The molecule has 7 nitrogen and oxygen atoms in total. The maximum absolute atomic E-state index is 12.2. The van der Waals surface area contributed by atoms with Crippen molar-refractivity contribution in [3.63, 3.8) is 0 Å². The fourth-order valence-electron chi connectivity index (χ4n) is 2.34. The summed E-state index contributed by atoms with van der Waals surface area (Å²) in [6, 6.07) is 12.6. The third-order valence-electron chi connectivity index (χ3n) is 3.54. The van der Waals surface area contributed by atoms with Gasteiger partial charge in [-0.15, -0.1) is 0 Å². The van der Waals surface area contributed by atoms with Crippen LogP contribution in [0.3, 0.4) is 0 Å². The summed E-state index contributed by atoms with van der Waals surface area (Å²) in [6.45, 7) is 3.72. The number of hydrogen-bond donors (Lipinski definition) is 2. The van der Waals surface area contributed by atoms with Crippen molar-refractivity contribution in [2.75, 3.05) is 12.4 Å². The molecule has 0 aromatic heterocycles. The molecule has 0 aliphatic rings. The molecule has 7 heteroatoms. The Labute approximate surface area is 139 Å². The summed E-state index contributed by atoms with van der Waals surface area (Å²) in [4.78, 5) is 22.4. The number of rotatable bonds is 5. The van der Waals surface area contributed by atoms with Crippen molar-refractivity contribution in [3.8, 4) is 5.75 Å². The number of carbonyl (C=O) groups is 1. The number of nitro benzene ring substituents is 1. The summed E-state index contributed by atoms with van der Waals surface area (Å²) >= 11 is 0. The van der Waals surface area contributed by atoms with Crippen LogP contribution in [0.25, 0.3) is 0 Å². The third-order valence-corrected chi connectivity index (χ3v) is 3.54. The van der Waals surface area contributed by atoms with Crippen LogP contribution in [0.2, 0.25) is 0 Å². The number of nitrogens with one attached hydrogen (secondary N) is 2. The monoisotopic (exact) mass is 329 g/mol. The van der Waals surface area contributed by atoms with Crippen LogP contribution in [0, 0.1) is 10.1 Å². The Kier molecular flexibility index (Phi) is 5.03. The van der Waals surface area contributed by atoms with Gasteiger partial charge >= 0.3 is 6.03 Å². The minimum Gasteiger partial charge on any atom is -0.496 e. The van der Waals surface area contributed by atoms with Gasteiger partial charge in [-0.25, -0.2) is 4.79 Å². The average Bonchev–Trinajstić information content (AvgIpc) is 2.54. The van der Waals surface area contributed by atoms with Gasteiger partial charge in [-0.1, -0.05) is 18.2 Å². The topological polar surface area (TPSA) is 93.5 Å². The second-order valence-corrected chi connectivity index (χ2v) is 5.71. The molecule has 0 saturated carbocycles. The van der Waals surface area contributed by atoms with E-state index in [1.807, 2.05) is 38.1 Å².